The van der Waals surface area contributed by atoms with Crippen molar-refractivity contribution in [1.29, 1.82) is 0 Å². The summed E-state index contributed by atoms with van der Waals surface area (Å²) < 4.78 is 5.49. The van der Waals surface area contributed by atoms with Crippen molar-refractivity contribution in [1.82, 2.24) is 9.97 Å². The number of hydrogen-bond donors (Lipinski definition) is 1. The van der Waals surface area contributed by atoms with Crippen molar-refractivity contribution >= 4 is 16.9 Å². The molecule has 0 aliphatic heterocycles. The van der Waals surface area contributed by atoms with Gasteiger partial charge < -0.3 is 9.52 Å². The fourth-order valence-corrected chi connectivity index (χ4v) is 2.72. The number of hydrogen-bond acceptors (Lipinski definition) is 4. The highest BCUT2D eigenvalue weighted by atomic mass is 16.4. The van der Waals surface area contributed by atoms with E-state index in [4.69, 9.17) is 4.42 Å². The Morgan fingerprint density at radius 1 is 1.21 bits per heavy atom. The lowest BCUT2D eigenvalue weighted by molar-refractivity contribution is 0.0697. The molecule has 0 atom stereocenters. The second-order valence-corrected chi connectivity index (χ2v) is 5.65. The number of benzene rings is 1. The van der Waals surface area contributed by atoms with Gasteiger partial charge in [0.05, 0.1) is 17.6 Å². The van der Waals surface area contributed by atoms with Crippen LogP contribution in [0.15, 0.2) is 35.0 Å². The van der Waals surface area contributed by atoms with Gasteiger partial charge in [-0.1, -0.05) is 13.8 Å². The molecular weight excluding hydrogens is 304 g/mol. The Morgan fingerprint density at radius 2 is 1.96 bits per heavy atom. The van der Waals surface area contributed by atoms with Gasteiger partial charge in [-0.15, -0.1) is 0 Å². The molecular formula is C19H20N2O3. The molecule has 1 aromatic carbocycles. The summed E-state index contributed by atoms with van der Waals surface area (Å²) in [4.78, 5) is 20.3. The van der Waals surface area contributed by atoms with Gasteiger partial charge in [-0.05, 0) is 38.0 Å². The number of rotatable bonds is 3. The van der Waals surface area contributed by atoms with Crippen LogP contribution in [-0.2, 0) is 0 Å². The van der Waals surface area contributed by atoms with Gasteiger partial charge in [-0.2, -0.15) is 0 Å². The Morgan fingerprint density at radius 3 is 2.54 bits per heavy atom. The molecule has 0 bridgehead atoms. The van der Waals surface area contributed by atoms with E-state index in [1.54, 1.807) is 25.3 Å². The molecule has 2 aromatic heterocycles. The van der Waals surface area contributed by atoms with E-state index in [-0.39, 0.29) is 5.56 Å². The van der Waals surface area contributed by atoms with E-state index in [2.05, 4.69) is 9.97 Å². The summed E-state index contributed by atoms with van der Waals surface area (Å²) in [7, 11) is 0. The summed E-state index contributed by atoms with van der Waals surface area (Å²) in [5, 5.41) is 9.92. The van der Waals surface area contributed by atoms with Crippen molar-refractivity contribution in [3.8, 4) is 11.3 Å². The molecule has 2 heterocycles. The number of fused-ring (bicyclic) bond motifs is 1. The van der Waals surface area contributed by atoms with Gasteiger partial charge in [0.25, 0.3) is 0 Å². The molecule has 0 saturated heterocycles. The van der Waals surface area contributed by atoms with E-state index in [1.165, 1.54) is 12.8 Å². The van der Waals surface area contributed by atoms with Crippen molar-refractivity contribution in [2.45, 2.75) is 39.5 Å². The second kappa shape index (κ2) is 6.43. The number of carboxylic acid groups (broad SMARTS) is 1. The zero-order valence-corrected chi connectivity index (χ0v) is 14.0. The molecule has 124 valence electrons. The van der Waals surface area contributed by atoms with Crippen LogP contribution in [0.4, 0.5) is 0 Å². The molecule has 0 amide bonds. The first-order chi connectivity index (χ1) is 11.6. The molecule has 4 rings (SSSR count). The van der Waals surface area contributed by atoms with Crippen LogP contribution < -0.4 is 0 Å². The molecule has 5 heteroatoms. The average Bonchev–Trinajstić information content (AvgIpc) is 3.38. The number of carboxylic acids is 1. The monoisotopic (exact) mass is 324 g/mol. The maximum atomic E-state index is 11.4. The maximum absolute atomic E-state index is 11.4. The number of carbonyl (C=O) groups is 1. The fraction of sp³-hybridized carbons (Fsp3) is 0.316. The van der Waals surface area contributed by atoms with E-state index in [1.807, 2.05) is 26.1 Å². The van der Waals surface area contributed by atoms with Gasteiger partial charge in [0.1, 0.15) is 16.9 Å². The first kappa shape index (κ1) is 16.2. The Balaban J connectivity index is 0.000000815. The summed E-state index contributed by atoms with van der Waals surface area (Å²) in [6, 6.07) is 5.45. The van der Waals surface area contributed by atoms with E-state index in [0.29, 0.717) is 22.6 Å². The summed E-state index contributed by atoms with van der Waals surface area (Å²) in [5.74, 6) is -0.00227. The SMILES string of the molecule is CC.Cc1oc2ccc(-c3cnc(C4CC4)cn3)cc2c1C(=O)O. The lowest BCUT2D eigenvalue weighted by atomic mass is 10.1. The lowest BCUT2D eigenvalue weighted by Crippen LogP contribution is -1.97. The van der Waals surface area contributed by atoms with E-state index in [0.717, 1.165) is 17.0 Å². The highest BCUT2D eigenvalue weighted by molar-refractivity contribution is 6.04. The minimum atomic E-state index is -0.983. The third-order valence-corrected chi connectivity index (χ3v) is 4.04. The minimum absolute atomic E-state index is 0.208. The standard InChI is InChI=1S/C17H14N2O3.C2H6/c1-9-16(17(20)21)12-6-11(4-5-15(12)22-9)14-8-18-13(7-19-14)10-2-3-10;1-2/h4-8,10H,2-3H2,1H3,(H,20,21);1-2H3. The summed E-state index contributed by atoms with van der Waals surface area (Å²) in [5.41, 5.74) is 3.39. The van der Waals surface area contributed by atoms with Crippen molar-refractivity contribution in [2.24, 2.45) is 0 Å². The Hall–Kier alpha value is -2.69. The van der Waals surface area contributed by atoms with Crippen LogP contribution in [0.3, 0.4) is 0 Å². The quantitative estimate of drug-likeness (QED) is 0.749. The maximum Gasteiger partial charge on any atom is 0.339 e. The molecule has 1 saturated carbocycles. The number of aromatic nitrogens is 2. The summed E-state index contributed by atoms with van der Waals surface area (Å²) in [6.45, 7) is 5.66. The third kappa shape index (κ3) is 2.89. The lowest BCUT2D eigenvalue weighted by Gasteiger charge is -2.02. The smallest absolute Gasteiger partial charge is 0.339 e. The number of aromatic carboxylic acids is 1. The predicted molar refractivity (Wildman–Crippen MR) is 92.3 cm³/mol. The van der Waals surface area contributed by atoms with E-state index in [9.17, 15) is 9.90 Å². The van der Waals surface area contributed by atoms with Gasteiger partial charge >= 0.3 is 5.97 Å². The van der Waals surface area contributed by atoms with Gasteiger partial charge in [-0.3, -0.25) is 9.97 Å². The van der Waals surface area contributed by atoms with Crippen LogP contribution in [0.1, 0.15) is 54.4 Å². The molecule has 1 N–H and O–H groups in total. The van der Waals surface area contributed by atoms with Crippen molar-refractivity contribution in [2.75, 3.05) is 0 Å². The number of nitrogens with zero attached hydrogens (tertiary/aromatic N) is 2. The zero-order chi connectivity index (χ0) is 17.3. The normalized spacial score (nSPS) is 13.5. The summed E-state index contributed by atoms with van der Waals surface area (Å²) in [6.07, 6.45) is 5.95. The van der Waals surface area contributed by atoms with Crippen LogP contribution in [0.25, 0.3) is 22.2 Å². The fourth-order valence-electron chi connectivity index (χ4n) is 2.72. The van der Waals surface area contributed by atoms with Crippen LogP contribution >= 0.6 is 0 Å². The molecule has 0 radical (unpaired) electrons. The zero-order valence-electron chi connectivity index (χ0n) is 14.0. The van der Waals surface area contributed by atoms with Crippen LogP contribution in [0, 0.1) is 6.92 Å². The molecule has 0 unspecified atom stereocenters. The Bertz CT molecular complexity index is 878. The predicted octanol–water partition coefficient (Wildman–Crippen LogP) is 4.80. The first-order valence-corrected chi connectivity index (χ1v) is 8.22. The van der Waals surface area contributed by atoms with Gasteiger partial charge in [-0.25, -0.2) is 4.79 Å². The highest BCUT2D eigenvalue weighted by Crippen LogP contribution is 2.38. The Kier molecular flexibility index (Phi) is 4.34. The minimum Gasteiger partial charge on any atom is -0.478 e. The van der Waals surface area contributed by atoms with E-state index < -0.39 is 5.97 Å². The van der Waals surface area contributed by atoms with Gasteiger partial charge in [0.15, 0.2) is 0 Å². The molecule has 1 aliphatic carbocycles. The van der Waals surface area contributed by atoms with E-state index >= 15 is 0 Å². The van der Waals surface area contributed by atoms with Crippen molar-refractivity contribution < 1.29 is 14.3 Å². The highest BCUT2D eigenvalue weighted by Gasteiger charge is 2.25. The molecule has 0 spiro atoms. The number of aryl methyl sites for hydroxylation is 1. The molecule has 1 fully saturated rings. The average molecular weight is 324 g/mol. The second-order valence-electron chi connectivity index (χ2n) is 5.65. The topological polar surface area (TPSA) is 76.2 Å². The van der Waals surface area contributed by atoms with Gasteiger partial charge in [0.2, 0.25) is 0 Å². The third-order valence-electron chi connectivity index (χ3n) is 4.04. The number of furan rings is 1. The molecule has 1 aliphatic rings. The van der Waals surface area contributed by atoms with Crippen LogP contribution in [0.5, 0.6) is 0 Å². The molecule has 24 heavy (non-hydrogen) atoms. The Labute approximate surface area is 140 Å². The first-order valence-electron chi connectivity index (χ1n) is 8.22. The van der Waals surface area contributed by atoms with Crippen molar-refractivity contribution in [3.63, 3.8) is 0 Å². The van der Waals surface area contributed by atoms with Gasteiger partial charge in [0, 0.05) is 23.1 Å². The largest absolute Gasteiger partial charge is 0.478 e. The van der Waals surface area contributed by atoms with Crippen LogP contribution in [-0.4, -0.2) is 21.0 Å². The molecule has 3 aromatic rings. The summed E-state index contributed by atoms with van der Waals surface area (Å²) >= 11 is 0. The van der Waals surface area contributed by atoms with Crippen LogP contribution in [0.2, 0.25) is 0 Å². The van der Waals surface area contributed by atoms with Crippen molar-refractivity contribution in [3.05, 3.63) is 47.6 Å². The molecule has 5 nitrogen and oxygen atoms in total.